The third-order valence-corrected chi connectivity index (χ3v) is 2.25. The third-order valence-electron chi connectivity index (χ3n) is 2.25. The fourth-order valence-corrected chi connectivity index (χ4v) is 1.42. The second kappa shape index (κ2) is 6.74. The van der Waals surface area contributed by atoms with E-state index in [0.29, 0.717) is 12.1 Å². The van der Waals surface area contributed by atoms with E-state index in [9.17, 15) is 9.59 Å². The van der Waals surface area contributed by atoms with Gasteiger partial charge in [-0.15, -0.1) is 0 Å². The summed E-state index contributed by atoms with van der Waals surface area (Å²) in [6.07, 6.45) is -1.54. The first-order valence-corrected chi connectivity index (χ1v) is 6.29. The number of primary amides is 1. The summed E-state index contributed by atoms with van der Waals surface area (Å²) in [5.74, 6) is -0.325. The lowest BCUT2D eigenvalue weighted by Crippen LogP contribution is -2.32. The highest BCUT2D eigenvalue weighted by atomic mass is 16.6. The van der Waals surface area contributed by atoms with Gasteiger partial charge in [-0.3, -0.25) is 5.41 Å². The molecule has 0 spiro atoms. The van der Waals surface area contributed by atoms with Gasteiger partial charge in [-0.2, -0.15) is 0 Å². The number of rotatable bonds is 3. The van der Waals surface area contributed by atoms with E-state index in [1.54, 1.807) is 45.0 Å². The lowest BCUT2D eigenvalue weighted by molar-refractivity contribution is 0.0523. The van der Waals surface area contributed by atoms with E-state index >= 15 is 0 Å². The fraction of sp³-hybridized carbons (Fsp3) is 0.357. The number of nitrogens with one attached hydrogen (secondary N) is 2. The third kappa shape index (κ3) is 6.42. The predicted molar refractivity (Wildman–Crippen MR) is 77.0 cm³/mol. The van der Waals surface area contributed by atoms with Crippen LogP contribution in [0.1, 0.15) is 31.9 Å². The van der Waals surface area contributed by atoms with Crippen molar-refractivity contribution in [2.45, 2.75) is 32.9 Å². The van der Waals surface area contributed by atoms with Gasteiger partial charge >= 0.3 is 12.2 Å². The topological polar surface area (TPSA) is 114 Å². The van der Waals surface area contributed by atoms with E-state index < -0.39 is 17.8 Å². The standard InChI is InChI=1S/C14H19N3O4/c1-14(2,3)21-13(19)17-8-9-4-6-10(7-5-9)11(15)20-12(16)18/h4-7,15H,8H2,1-3H3,(H2,16,18)(H,17,19). The molecule has 0 aromatic heterocycles. The minimum atomic E-state index is -1.03. The van der Waals surface area contributed by atoms with Crippen molar-refractivity contribution in [1.29, 1.82) is 5.41 Å². The van der Waals surface area contributed by atoms with Crippen LogP contribution in [-0.2, 0) is 16.0 Å². The van der Waals surface area contributed by atoms with Crippen LogP contribution >= 0.6 is 0 Å². The molecule has 0 bridgehead atoms. The number of carbonyl (C=O) groups is 2. The Bertz CT molecular complexity index is 532. The molecule has 1 aromatic rings. The summed E-state index contributed by atoms with van der Waals surface area (Å²) < 4.78 is 9.57. The Balaban J connectivity index is 2.53. The smallest absolute Gasteiger partial charge is 0.411 e. The predicted octanol–water partition coefficient (Wildman–Crippen LogP) is 2.13. The van der Waals surface area contributed by atoms with Crippen LogP contribution in [-0.4, -0.2) is 23.7 Å². The Morgan fingerprint density at radius 3 is 2.29 bits per heavy atom. The summed E-state index contributed by atoms with van der Waals surface area (Å²) in [7, 11) is 0. The van der Waals surface area contributed by atoms with E-state index in [-0.39, 0.29) is 5.90 Å². The summed E-state index contributed by atoms with van der Waals surface area (Å²) in [5.41, 5.74) is 5.51. The quantitative estimate of drug-likeness (QED) is 0.585. The van der Waals surface area contributed by atoms with Crippen LogP contribution in [0.3, 0.4) is 0 Å². The molecule has 0 fully saturated rings. The summed E-state index contributed by atoms with van der Waals surface area (Å²) in [6.45, 7) is 5.64. The van der Waals surface area contributed by atoms with Crippen molar-refractivity contribution in [3.05, 3.63) is 35.4 Å². The molecule has 1 rings (SSSR count). The number of benzene rings is 1. The van der Waals surface area contributed by atoms with Gasteiger partial charge in [0, 0.05) is 12.1 Å². The van der Waals surface area contributed by atoms with Gasteiger partial charge in [-0.25, -0.2) is 9.59 Å². The monoisotopic (exact) mass is 293 g/mol. The van der Waals surface area contributed by atoms with E-state index in [1.807, 2.05) is 0 Å². The fourth-order valence-electron chi connectivity index (χ4n) is 1.42. The van der Waals surface area contributed by atoms with Crippen molar-refractivity contribution in [3.63, 3.8) is 0 Å². The molecule has 0 saturated heterocycles. The molecule has 0 radical (unpaired) electrons. The maximum atomic E-state index is 11.5. The highest BCUT2D eigenvalue weighted by Crippen LogP contribution is 2.08. The maximum Gasteiger partial charge on any atom is 0.411 e. The molecule has 0 aliphatic carbocycles. The average Bonchev–Trinajstić information content (AvgIpc) is 2.34. The van der Waals surface area contributed by atoms with Crippen LogP contribution in [0.2, 0.25) is 0 Å². The van der Waals surface area contributed by atoms with Crippen LogP contribution in [0.5, 0.6) is 0 Å². The van der Waals surface area contributed by atoms with E-state index in [2.05, 4.69) is 10.1 Å². The normalized spacial score (nSPS) is 10.6. The number of hydrogen-bond acceptors (Lipinski definition) is 5. The first kappa shape index (κ1) is 16.5. The zero-order valence-corrected chi connectivity index (χ0v) is 12.2. The molecule has 0 saturated carbocycles. The first-order chi connectivity index (χ1) is 9.67. The first-order valence-electron chi connectivity index (χ1n) is 6.29. The summed E-state index contributed by atoms with van der Waals surface area (Å²) in [5, 5.41) is 10.1. The van der Waals surface area contributed by atoms with Crippen LogP contribution in [0.25, 0.3) is 0 Å². The van der Waals surface area contributed by atoms with E-state index in [4.69, 9.17) is 15.9 Å². The van der Waals surface area contributed by atoms with Gasteiger partial charge < -0.3 is 20.5 Å². The SMILES string of the molecule is CC(C)(C)OC(=O)NCc1ccc(C(=N)OC(N)=O)cc1. The van der Waals surface area contributed by atoms with Crippen molar-refractivity contribution in [2.24, 2.45) is 5.73 Å². The van der Waals surface area contributed by atoms with Crippen LogP contribution < -0.4 is 11.1 Å². The van der Waals surface area contributed by atoms with Crippen LogP contribution in [0.15, 0.2) is 24.3 Å². The molecule has 0 atom stereocenters. The summed E-state index contributed by atoms with van der Waals surface area (Å²) >= 11 is 0. The number of nitrogens with two attached hydrogens (primary N) is 1. The largest absolute Gasteiger partial charge is 0.444 e. The van der Waals surface area contributed by atoms with Crippen LogP contribution in [0.4, 0.5) is 9.59 Å². The van der Waals surface area contributed by atoms with Crippen molar-refractivity contribution in [1.82, 2.24) is 5.32 Å². The molecule has 21 heavy (non-hydrogen) atoms. The molecular formula is C14H19N3O4. The van der Waals surface area contributed by atoms with Gasteiger partial charge in [0.2, 0.25) is 5.90 Å². The van der Waals surface area contributed by atoms with Crippen molar-refractivity contribution in [2.75, 3.05) is 0 Å². The van der Waals surface area contributed by atoms with Gasteiger partial charge in [0.1, 0.15) is 5.60 Å². The Labute approximate surface area is 122 Å². The van der Waals surface area contributed by atoms with Gasteiger partial charge in [-0.05, 0) is 38.5 Å². The zero-order valence-electron chi connectivity index (χ0n) is 12.2. The molecule has 0 aliphatic heterocycles. The number of alkyl carbamates (subject to hydrolysis) is 1. The Morgan fingerprint density at radius 2 is 1.81 bits per heavy atom. The van der Waals surface area contributed by atoms with Crippen LogP contribution in [0, 0.1) is 5.41 Å². The number of ether oxygens (including phenoxy) is 2. The number of amides is 2. The minimum Gasteiger partial charge on any atom is -0.444 e. The molecule has 1 aromatic carbocycles. The lowest BCUT2D eigenvalue weighted by Gasteiger charge is -2.19. The molecule has 7 heteroatoms. The Kier molecular flexibility index (Phi) is 5.29. The van der Waals surface area contributed by atoms with E-state index in [0.717, 1.165) is 5.56 Å². The molecule has 4 N–H and O–H groups in total. The molecule has 114 valence electrons. The Hall–Kier alpha value is -2.57. The number of hydrogen-bond donors (Lipinski definition) is 3. The van der Waals surface area contributed by atoms with Crippen molar-refractivity contribution >= 4 is 18.1 Å². The maximum absolute atomic E-state index is 11.5. The minimum absolute atomic E-state index is 0.291. The molecular weight excluding hydrogens is 274 g/mol. The average molecular weight is 293 g/mol. The molecule has 7 nitrogen and oxygen atoms in total. The summed E-state index contributed by atoms with van der Waals surface area (Å²) in [4.78, 5) is 22.0. The molecule has 0 unspecified atom stereocenters. The molecule has 0 heterocycles. The van der Waals surface area contributed by atoms with Gasteiger partial charge in [0.25, 0.3) is 0 Å². The number of carbonyl (C=O) groups excluding carboxylic acids is 2. The summed E-state index contributed by atoms with van der Waals surface area (Å²) in [6, 6.07) is 6.59. The lowest BCUT2D eigenvalue weighted by atomic mass is 10.1. The highest BCUT2D eigenvalue weighted by Gasteiger charge is 2.15. The van der Waals surface area contributed by atoms with Crippen molar-refractivity contribution < 1.29 is 19.1 Å². The van der Waals surface area contributed by atoms with Gasteiger partial charge in [0.15, 0.2) is 0 Å². The highest BCUT2D eigenvalue weighted by molar-refractivity contribution is 5.97. The second-order valence-corrected chi connectivity index (χ2v) is 5.30. The van der Waals surface area contributed by atoms with E-state index in [1.165, 1.54) is 0 Å². The molecule has 2 amide bonds. The zero-order chi connectivity index (χ0) is 16.0. The van der Waals surface area contributed by atoms with Crippen molar-refractivity contribution in [3.8, 4) is 0 Å². The molecule has 0 aliphatic rings. The van der Waals surface area contributed by atoms with Gasteiger partial charge in [0.05, 0.1) is 0 Å². The Morgan fingerprint density at radius 1 is 1.24 bits per heavy atom. The van der Waals surface area contributed by atoms with Gasteiger partial charge in [-0.1, -0.05) is 12.1 Å². The second-order valence-electron chi connectivity index (χ2n) is 5.30.